The molecule has 3 aromatic carbocycles. The van der Waals surface area contributed by atoms with E-state index in [1.807, 2.05) is 105 Å². The minimum atomic E-state index is -0.990. The van der Waals surface area contributed by atoms with E-state index in [2.05, 4.69) is 16.0 Å². The molecule has 0 aromatic heterocycles. The average Bonchev–Trinajstić information content (AvgIpc) is 2.99. The molecule has 0 radical (unpaired) electrons. The zero-order chi connectivity index (χ0) is 28.7. The van der Waals surface area contributed by atoms with Crippen LogP contribution in [-0.4, -0.2) is 42.3 Å². The Labute approximate surface area is 235 Å². The lowest BCUT2D eigenvalue weighted by atomic mass is 9.96. The number of amides is 3. The lowest BCUT2D eigenvalue weighted by Gasteiger charge is -2.27. The Morgan fingerprint density at radius 1 is 0.725 bits per heavy atom. The molecular weight excluding hydrogens is 506 g/mol. The molecular formula is C32H37N3O5. The normalized spacial score (nSPS) is 13.7. The van der Waals surface area contributed by atoms with Crippen molar-refractivity contribution in [3.8, 4) is 0 Å². The molecule has 3 rings (SSSR count). The number of hydrogen-bond donors (Lipinski definition) is 3. The highest BCUT2D eigenvalue weighted by Gasteiger charge is 2.31. The molecule has 8 nitrogen and oxygen atoms in total. The zero-order valence-electron chi connectivity index (χ0n) is 22.9. The van der Waals surface area contributed by atoms with E-state index in [-0.39, 0.29) is 18.9 Å². The van der Waals surface area contributed by atoms with Gasteiger partial charge in [0, 0.05) is 6.42 Å². The average molecular weight is 544 g/mol. The van der Waals surface area contributed by atoms with Crippen LogP contribution in [0.2, 0.25) is 0 Å². The molecule has 0 fully saturated rings. The SMILES string of the molecule is CCC(C)C(NC(=O)C(Cc1ccccc1)NC(=O)OCc1ccccc1)C(=O)NC(C=O)Cc1ccccc1. The summed E-state index contributed by atoms with van der Waals surface area (Å²) in [7, 11) is 0. The van der Waals surface area contributed by atoms with Gasteiger partial charge in [-0.25, -0.2) is 4.79 Å². The van der Waals surface area contributed by atoms with Crippen LogP contribution in [0.1, 0.15) is 37.0 Å². The largest absolute Gasteiger partial charge is 0.445 e. The minimum Gasteiger partial charge on any atom is -0.445 e. The van der Waals surface area contributed by atoms with E-state index in [0.717, 1.165) is 16.7 Å². The fourth-order valence-electron chi connectivity index (χ4n) is 4.20. The number of benzene rings is 3. The van der Waals surface area contributed by atoms with E-state index in [4.69, 9.17) is 4.74 Å². The summed E-state index contributed by atoms with van der Waals surface area (Å²) in [5, 5.41) is 8.25. The summed E-state index contributed by atoms with van der Waals surface area (Å²) in [5.74, 6) is -1.21. The predicted octanol–water partition coefficient (Wildman–Crippen LogP) is 3.98. The van der Waals surface area contributed by atoms with Gasteiger partial charge < -0.3 is 25.5 Å². The molecule has 0 saturated heterocycles. The molecule has 8 heteroatoms. The fourth-order valence-corrected chi connectivity index (χ4v) is 4.20. The van der Waals surface area contributed by atoms with Crippen LogP contribution in [0.15, 0.2) is 91.0 Å². The topological polar surface area (TPSA) is 114 Å². The van der Waals surface area contributed by atoms with E-state index < -0.39 is 36.0 Å². The molecule has 0 saturated carbocycles. The summed E-state index contributed by atoms with van der Waals surface area (Å²) in [6.45, 7) is 3.82. The van der Waals surface area contributed by atoms with Gasteiger partial charge in [-0.05, 0) is 29.0 Å². The van der Waals surface area contributed by atoms with Crippen molar-refractivity contribution in [3.05, 3.63) is 108 Å². The van der Waals surface area contributed by atoms with Gasteiger partial charge in [-0.15, -0.1) is 0 Å². The van der Waals surface area contributed by atoms with Crippen LogP contribution >= 0.6 is 0 Å². The quantitative estimate of drug-likeness (QED) is 0.266. The third-order valence-corrected chi connectivity index (χ3v) is 6.69. The van der Waals surface area contributed by atoms with Gasteiger partial charge in [0.2, 0.25) is 11.8 Å². The van der Waals surface area contributed by atoms with Gasteiger partial charge in [0.1, 0.15) is 25.0 Å². The van der Waals surface area contributed by atoms with E-state index >= 15 is 0 Å². The van der Waals surface area contributed by atoms with Crippen molar-refractivity contribution in [2.75, 3.05) is 0 Å². The number of nitrogens with one attached hydrogen (secondary N) is 3. The third-order valence-electron chi connectivity index (χ3n) is 6.69. The monoisotopic (exact) mass is 543 g/mol. The molecule has 3 amide bonds. The number of aldehydes is 1. The maximum Gasteiger partial charge on any atom is 0.408 e. The summed E-state index contributed by atoms with van der Waals surface area (Å²) in [4.78, 5) is 51.2. The second-order valence-electron chi connectivity index (χ2n) is 9.76. The Hall–Kier alpha value is -4.46. The first-order valence-corrected chi connectivity index (χ1v) is 13.5. The maximum atomic E-state index is 13.5. The second kappa shape index (κ2) is 15.8. The van der Waals surface area contributed by atoms with Crippen molar-refractivity contribution < 1.29 is 23.9 Å². The van der Waals surface area contributed by atoms with Crippen LogP contribution in [0.5, 0.6) is 0 Å². The summed E-state index contributed by atoms with van der Waals surface area (Å²) < 4.78 is 5.34. The lowest BCUT2D eigenvalue weighted by molar-refractivity contribution is -0.132. The van der Waals surface area contributed by atoms with Crippen LogP contribution in [0.4, 0.5) is 4.79 Å². The highest BCUT2D eigenvalue weighted by atomic mass is 16.5. The van der Waals surface area contributed by atoms with Gasteiger partial charge in [-0.2, -0.15) is 0 Å². The molecule has 0 heterocycles. The minimum absolute atomic E-state index is 0.0543. The van der Waals surface area contributed by atoms with Crippen molar-refractivity contribution in [1.82, 2.24) is 16.0 Å². The van der Waals surface area contributed by atoms with Crippen LogP contribution in [-0.2, 0) is 38.6 Å². The number of alkyl carbamates (subject to hydrolysis) is 1. The predicted molar refractivity (Wildman–Crippen MR) is 153 cm³/mol. The van der Waals surface area contributed by atoms with E-state index in [9.17, 15) is 19.2 Å². The zero-order valence-corrected chi connectivity index (χ0v) is 22.9. The van der Waals surface area contributed by atoms with Gasteiger partial charge in [0.25, 0.3) is 0 Å². The maximum absolute atomic E-state index is 13.5. The van der Waals surface area contributed by atoms with Crippen molar-refractivity contribution in [2.24, 2.45) is 5.92 Å². The van der Waals surface area contributed by atoms with Gasteiger partial charge in [-0.3, -0.25) is 9.59 Å². The number of rotatable bonds is 14. The molecule has 210 valence electrons. The fraction of sp³-hybridized carbons (Fsp3) is 0.312. The van der Waals surface area contributed by atoms with Crippen LogP contribution in [0.3, 0.4) is 0 Å². The first-order valence-electron chi connectivity index (χ1n) is 13.5. The molecule has 40 heavy (non-hydrogen) atoms. The smallest absolute Gasteiger partial charge is 0.408 e. The van der Waals surface area contributed by atoms with Crippen molar-refractivity contribution in [1.29, 1.82) is 0 Å². The lowest BCUT2D eigenvalue weighted by Crippen LogP contribution is -2.57. The van der Waals surface area contributed by atoms with Gasteiger partial charge in [0.05, 0.1) is 6.04 Å². The summed E-state index contributed by atoms with van der Waals surface area (Å²) in [5.41, 5.74) is 2.56. The molecule has 0 aliphatic heterocycles. The number of ether oxygens (including phenoxy) is 1. The molecule has 0 aliphatic rings. The number of carbonyl (C=O) groups is 4. The van der Waals surface area contributed by atoms with Crippen LogP contribution in [0, 0.1) is 5.92 Å². The van der Waals surface area contributed by atoms with Gasteiger partial charge in [0.15, 0.2) is 0 Å². The van der Waals surface area contributed by atoms with Crippen LogP contribution < -0.4 is 16.0 Å². The highest BCUT2D eigenvalue weighted by molar-refractivity contribution is 5.92. The van der Waals surface area contributed by atoms with E-state index in [1.165, 1.54) is 0 Å². The first-order chi connectivity index (χ1) is 19.4. The summed E-state index contributed by atoms with van der Waals surface area (Å²) in [6.07, 6.45) is 1.10. The molecule has 0 spiro atoms. The Bertz CT molecular complexity index is 1220. The molecule has 0 aliphatic carbocycles. The first kappa shape index (κ1) is 30.1. The van der Waals surface area contributed by atoms with E-state index in [1.54, 1.807) is 0 Å². The number of carbonyl (C=O) groups excluding carboxylic acids is 4. The highest BCUT2D eigenvalue weighted by Crippen LogP contribution is 2.12. The summed E-state index contributed by atoms with van der Waals surface area (Å²) in [6, 6.07) is 25.2. The molecule has 4 unspecified atom stereocenters. The van der Waals surface area contributed by atoms with Crippen molar-refractivity contribution in [3.63, 3.8) is 0 Å². The Morgan fingerprint density at radius 2 is 1.25 bits per heavy atom. The standard InChI is InChI=1S/C32H37N3O5/c1-3-23(2)29(31(38)33-27(21-36)19-24-13-7-4-8-14-24)35-30(37)28(20-25-15-9-5-10-16-25)34-32(39)40-22-26-17-11-6-12-18-26/h4-18,21,23,27-29H,3,19-20,22H2,1-2H3,(H,33,38)(H,34,39)(H,35,37). The van der Waals surface area contributed by atoms with Crippen molar-refractivity contribution >= 4 is 24.2 Å². The van der Waals surface area contributed by atoms with Gasteiger partial charge >= 0.3 is 6.09 Å². The molecule has 3 aromatic rings. The summed E-state index contributed by atoms with van der Waals surface area (Å²) >= 11 is 0. The van der Waals surface area contributed by atoms with E-state index in [0.29, 0.717) is 19.1 Å². The molecule has 3 N–H and O–H groups in total. The third kappa shape index (κ3) is 9.69. The Morgan fingerprint density at radius 3 is 1.77 bits per heavy atom. The molecule has 0 bridgehead atoms. The van der Waals surface area contributed by atoms with Gasteiger partial charge in [-0.1, -0.05) is 111 Å². The Kier molecular flexibility index (Phi) is 11.9. The van der Waals surface area contributed by atoms with Crippen molar-refractivity contribution in [2.45, 2.75) is 57.8 Å². The van der Waals surface area contributed by atoms with Crippen LogP contribution in [0.25, 0.3) is 0 Å². The Balaban J connectivity index is 1.70. The second-order valence-corrected chi connectivity index (χ2v) is 9.76. The number of hydrogen-bond acceptors (Lipinski definition) is 5. The molecule has 4 atom stereocenters.